The van der Waals surface area contributed by atoms with E-state index >= 15 is 0 Å². The van der Waals surface area contributed by atoms with Crippen molar-refractivity contribution in [3.8, 4) is 5.75 Å². The van der Waals surface area contributed by atoms with Gasteiger partial charge in [0.2, 0.25) is 0 Å². The molecule has 0 fully saturated rings. The van der Waals surface area contributed by atoms with Gasteiger partial charge >= 0.3 is 0 Å². The smallest absolute Gasteiger partial charge is 0.255 e. The number of amides is 1. The van der Waals surface area contributed by atoms with Gasteiger partial charge in [-0.3, -0.25) is 4.79 Å². The van der Waals surface area contributed by atoms with E-state index in [9.17, 15) is 4.79 Å². The molecule has 0 saturated heterocycles. The van der Waals surface area contributed by atoms with Crippen molar-refractivity contribution in [1.82, 2.24) is 5.32 Å². The molecule has 1 aromatic carbocycles. The maximum atomic E-state index is 12.0. The van der Waals surface area contributed by atoms with Crippen LogP contribution in [0.1, 0.15) is 15.2 Å². The van der Waals surface area contributed by atoms with Gasteiger partial charge in [-0.2, -0.15) is 0 Å². The van der Waals surface area contributed by atoms with Crippen LogP contribution < -0.4 is 10.1 Å². The molecular formula is C13H12ClNO2S. The molecule has 0 aliphatic carbocycles. The highest BCUT2D eigenvalue weighted by Crippen LogP contribution is 2.21. The van der Waals surface area contributed by atoms with Crippen molar-refractivity contribution in [1.29, 1.82) is 0 Å². The number of nitrogens with one attached hydrogen (secondary N) is 1. The summed E-state index contributed by atoms with van der Waals surface area (Å²) >= 11 is 7.28. The average Bonchev–Trinajstić information content (AvgIpc) is 2.81. The highest BCUT2D eigenvalue weighted by Gasteiger charge is 2.11. The van der Waals surface area contributed by atoms with Crippen LogP contribution in [0.4, 0.5) is 0 Å². The molecule has 0 radical (unpaired) electrons. The Bertz CT molecular complexity index is 553. The summed E-state index contributed by atoms with van der Waals surface area (Å²) in [5.41, 5.74) is 0.530. The number of carbonyl (C=O) groups excluding carboxylic acids is 1. The van der Waals surface area contributed by atoms with Crippen LogP contribution in [-0.4, -0.2) is 13.0 Å². The third-order valence-corrected chi connectivity index (χ3v) is 3.63. The average molecular weight is 282 g/mol. The third-order valence-electron chi connectivity index (χ3n) is 2.40. The van der Waals surface area contributed by atoms with Gasteiger partial charge in [0.25, 0.3) is 5.91 Å². The summed E-state index contributed by atoms with van der Waals surface area (Å²) in [5.74, 6) is 0.413. The largest absolute Gasteiger partial charge is 0.496 e. The first-order valence-corrected chi connectivity index (χ1v) is 6.55. The van der Waals surface area contributed by atoms with E-state index in [-0.39, 0.29) is 5.91 Å². The number of carbonyl (C=O) groups is 1. The number of ether oxygens (including phenoxy) is 1. The first kappa shape index (κ1) is 12.9. The molecule has 0 aliphatic heterocycles. The van der Waals surface area contributed by atoms with E-state index in [4.69, 9.17) is 16.3 Å². The summed E-state index contributed by atoms with van der Waals surface area (Å²) < 4.78 is 5.86. The second-order valence-corrected chi connectivity index (χ2v) is 5.39. The Balaban J connectivity index is 2.03. The van der Waals surface area contributed by atoms with Crippen molar-refractivity contribution in [2.75, 3.05) is 7.11 Å². The fraction of sp³-hybridized carbons (Fsp3) is 0.154. The van der Waals surface area contributed by atoms with Crippen molar-refractivity contribution < 1.29 is 9.53 Å². The van der Waals surface area contributed by atoms with Crippen molar-refractivity contribution in [3.05, 3.63) is 51.2 Å². The summed E-state index contributed by atoms with van der Waals surface area (Å²) in [5, 5.41) is 2.84. The van der Waals surface area contributed by atoms with E-state index < -0.39 is 0 Å². The predicted octanol–water partition coefficient (Wildman–Crippen LogP) is 3.34. The lowest BCUT2D eigenvalue weighted by molar-refractivity contribution is 0.0948. The SMILES string of the molecule is COc1ccccc1C(=O)NCc1ccc(Cl)s1. The molecule has 0 atom stereocenters. The standard InChI is InChI=1S/C13H12ClNO2S/c1-17-11-5-3-2-4-10(11)13(16)15-8-9-6-7-12(14)18-9/h2-7H,8H2,1H3,(H,15,16). The minimum absolute atomic E-state index is 0.156. The van der Waals surface area contributed by atoms with Crippen LogP contribution in [0.5, 0.6) is 5.75 Å². The first-order valence-electron chi connectivity index (χ1n) is 5.36. The molecule has 2 rings (SSSR count). The predicted molar refractivity (Wildman–Crippen MR) is 73.5 cm³/mol. The second-order valence-electron chi connectivity index (χ2n) is 3.59. The van der Waals surface area contributed by atoms with Crippen LogP contribution in [0, 0.1) is 0 Å². The molecule has 0 saturated carbocycles. The van der Waals surface area contributed by atoms with Crippen LogP contribution in [-0.2, 0) is 6.54 Å². The maximum absolute atomic E-state index is 12.0. The fourth-order valence-electron chi connectivity index (χ4n) is 1.54. The molecule has 5 heteroatoms. The fourth-order valence-corrected chi connectivity index (χ4v) is 2.57. The van der Waals surface area contributed by atoms with Gasteiger partial charge in [0.1, 0.15) is 5.75 Å². The topological polar surface area (TPSA) is 38.3 Å². The van der Waals surface area contributed by atoms with Crippen molar-refractivity contribution in [3.63, 3.8) is 0 Å². The number of hydrogen-bond acceptors (Lipinski definition) is 3. The van der Waals surface area contributed by atoms with E-state index in [1.165, 1.54) is 11.3 Å². The monoisotopic (exact) mass is 281 g/mol. The van der Waals surface area contributed by atoms with E-state index in [2.05, 4.69) is 5.32 Å². The summed E-state index contributed by atoms with van der Waals surface area (Å²) in [6.45, 7) is 0.467. The number of hydrogen-bond donors (Lipinski definition) is 1. The van der Waals surface area contributed by atoms with E-state index in [1.807, 2.05) is 18.2 Å². The molecule has 2 aromatic rings. The summed E-state index contributed by atoms with van der Waals surface area (Å²) in [4.78, 5) is 13.0. The summed E-state index contributed by atoms with van der Waals surface area (Å²) in [7, 11) is 1.55. The van der Waals surface area contributed by atoms with Gasteiger partial charge < -0.3 is 10.1 Å². The van der Waals surface area contributed by atoms with Crippen LogP contribution in [0.2, 0.25) is 4.34 Å². The lowest BCUT2D eigenvalue weighted by atomic mass is 10.2. The number of para-hydroxylation sites is 1. The van der Waals surface area contributed by atoms with Gasteiger partial charge in [-0.15, -0.1) is 11.3 Å². The molecule has 0 aliphatic rings. The zero-order valence-corrected chi connectivity index (χ0v) is 11.3. The molecule has 94 valence electrons. The van der Waals surface area contributed by atoms with E-state index in [1.54, 1.807) is 25.3 Å². The van der Waals surface area contributed by atoms with Crippen LogP contribution in [0.25, 0.3) is 0 Å². The molecule has 0 bridgehead atoms. The molecule has 0 spiro atoms. The summed E-state index contributed by atoms with van der Waals surface area (Å²) in [6, 6.07) is 10.8. The molecular weight excluding hydrogens is 270 g/mol. The Morgan fingerprint density at radius 1 is 1.33 bits per heavy atom. The van der Waals surface area contributed by atoms with Crippen molar-refractivity contribution >= 4 is 28.8 Å². The number of thiophene rings is 1. The van der Waals surface area contributed by atoms with Crippen LogP contribution in [0.3, 0.4) is 0 Å². The molecule has 0 unspecified atom stereocenters. The van der Waals surface area contributed by atoms with Gasteiger partial charge in [0.15, 0.2) is 0 Å². The molecule has 1 aromatic heterocycles. The maximum Gasteiger partial charge on any atom is 0.255 e. The second kappa shape index (κ2) is 5.89. The minimum Gasteiger partial charge on any atom is -0.496 e. The molecule has 1 amide bonds. The molecule has 1 heterocycles. The third kappa shape index (κ3) is 3.03. The highest BCUT2D eigenvalue weighted by molar-refractivity contribution is 7.16. The number of halogens is 1. The number of methoxy groups -OCH3 is 1. The summed E-state index contributed by atoms with van der Waals surface area (Å²) in [6.07, 6.45) is 0. The molecule has 3 nitrogen and oxygen atoms in total. The van der Waals surface area contributed by atoms with Crippen molar-refractivity contribution in [2.24, 2.45) is 0 Å². The van der Waals surface area contributed by atoms with Gasteiger partial charge in [-0.05, 0) is 24.3 Å². The van der Waals surface area contributed by atoms with E-state index in [0.717, 1.165) is 9.21 Å². The molecule has 18 heavy (non-hydrogen) atoms. The highest BCUT2D eigenvalue weighted by atomic mass is 35.5. The van der Waals surface area contributed by atoms with Crippen LogP contribution in [0.15, 0.2) is 36.4 Å². The zero-order chi connectivity index (χ0) is 13.0. The normalized spacial score (nSPS) is 10.1. The van der Waals surface area contributed by atoms with Crippen molar-refractivity contribution in [2.45, 2.75) is 6.54 Å². The Labute approximate surface area is 114 Å². The first-order chi connectivity index (χ1) is 8.70. The van der Waals surface area contributed by atoms with Gasteiger partial charge in [0, 0.05) is 4.88 Å². The number of rotatable bonds is 4. The van der Waals surface area contributed by atoms with Crippen LogP contribution >= 0.6 is 22.9 Å². The Hall–Kier alpha value is -1.52. The number of benzene rings is 1. The van der Waals surface area contributed by atoms with Gasteiger partial charge in [-0.25, -0.2) is 0 Å². The van der Waals surface area contributed by atoms with Gasteiger partial charge in [-0.1, -0.05) is 23.7 Å². The Morgan fingerprint density at radius 2 is 2.11 bits per heavy atom. The Kier molecular flexibility index (Phi) is 4.23. The quantitative estimate of drug-likeness (QED) is 0.933. The molecule has 1 N–H and O–H groups in total. The minimum atomic E-state index is -0.156. The lowest BCUT2D eigenvalue weighted by Gasteiger charge is -2.08. The van der Waals surface area contributed by atoms with Gasteiger partial charge in [0.05, 0.1) is 23.6 Å². The van der Waals surface area contributed by atoms with E-state index in [0.29, 0.717) is 17.9 Å². The lowest BCUT2D eigenvalue weighted by Crippen LogP contribution is -2.22. The Morgan fingerprint density at radius 3 is 2.78 bits per heavy atom. The zero-order valence-electron chi connectivity index (χ0n) is 9.77.